The van der Waals surface area contributed by atoms with E-state index in [4.69, 9.17) is 10.7 Å². The highest BCUT2D eigenvalue weighted by Gasteiger charge is 2.47. The van der Waals surface area contributed by atoms with Gasteiger partial charge in [0.05, 0.1) is 10.3 Å². The first-order valence-electron chi connectivity index (χ1n) is 5.20. The van der Waals surface area contributed by atoms with Crippen LogP contribution in [0.25, 0.3) is 0 Å². The van der Waals surface area contributed by atoms with E-state index in [1.165, 1.54) is 24.3 Å². The van der Waals surface area contributed by atoms with Crippen molar-refractivity contribution >= 4 is 19.7 Å². The third kappa shape index (κ3) is 2.18. The average Bonchev–Trinajstić information content (AvgIpc) is 2.14. The summed E-state index contributed by atoms with van der Waals surface area (Å²) in [5.74, 6) is 0. The van der Waals surface area contributed by atoms with Gasteiger partial charge in [0.2, 0.25) is 6.43 Å². The van der Waals surface area contributed by atoms with E-state index in [0.717, 1.165) is 6.42 Å². The first-order valence-corrected chi connectivity index (χ1v) is 7.50. The molecule has 1 aromatic carbocycles. The Morgan fingerprint density at radius 2 is 1.94 bits per heavy atom. The molecule has 0 aliphatic heterocycles. The van der Waals surface area contributed by atoms with Crippen LogP contribution in [0.15, 0.2) is 29.2 Å². The van der Waals surface area contributed by atoms with Crippen LogP contribution in [0.1, 0.15) is 24.8 Å². The topological polar surface area (TPSA) is 34.1 Å². The molecule has 1 fully saturated rings. The van der Waals surface area contributed by atoms with Crippen LogP contribution in [0.2, 0.25) is 0 Å². The lowest BCUT2D eigenvalue weighted by molar-refractivity contribution is 0.000708. The first kappa shape index (κ1) is 12.8. The van der Waals surface area contributed by atoms with E-state index in [2.05, 4.69) is 0 Å². The maximum Gasteiger partial charge on any atom is 0.261 e. The zero-order chi connectivity index (χ0) is 12.7. The van der Waals surface area contributed by atoms with Gasteiger partial charge < -0.3 is 0 Å². The molecule has 1 saturated carbocycles. The van der Waals surface area contributed by atoms with Gasteiger partial charge in [0.1, 0.15) is 0 Å². The molecule has 1 aliphatic carbocycles. The summed E-state index contributed by atoms with van der Waals surface area (Å²) in [7, 11) is 1.34. The van der Waals surface area contributed by atoms with Gasteiger partial charge in [-0.3, -0.25) is 0 Å². The van der Waals surface area contributed by atoms with E-state index < -0.39 is 20.9 Å². The highest BCUT2D eigenvalue weighted by molar-refractivity contribution is 8.13. The molecule has 6 heteroatoms. The number of halogens is 3. The average molecular weight is 281 g/mol. The summed E-state index contributed by atoms with van der Waals surface area (Å²) in [5, 5.41) is 0. The molecule has 1 aliphatic rings. The molecule has 0 spiro atoms. The van der Waals surface area contributed by atoms with Gasteiger partial charge in [-0.25, -0.2) is 17.2 Å². The molecule has 0 aromatic heterocycles. The van der Waals surface area contributed by atoms with Crippen molar-refractivity contribution in [2.75, 3.05) is 0 Å². The lowest BCUT2D eigenvalue weighted by atomic mass is 9.65. The van der Waals surface area contributed by atoms with Crippen molar-refractivity contribution < 1.29 is 17.2 Å². The van der Waals surface area contributed by atoms with Crippen LogP contribution in [0, 0.1) is 0 Å². The van der Waals surface area contributed by atoms with Crippen LogP contribution in [-0.4, -0.2) is 14.8 Å². The Kier molecular flexibility index (Phi) is 3.16. The fourth-order valence-corrected chi connectivity index (χ4v) is 2.94. The fourth-order valence-electron chi connectivity index (χ4n) is 2.15. The van der Waals surface area contributed by atoms with Crippen LogP contribution in [0.4, 0.5) is 8.78 Å². The van der Waals surface area contributed by atoms with Crippen LogP contribution < -0.4 is 0 Å². The van der Waals surface area contributed by atoms with E-state index >= 15 is 0 Å². The van der Waals surface area contributed by atoms with Gasteiger partial charge in [-0.2, -0.15) is 0 Å². The first-order chi connectivity index (χ1) is 7.86. The molecule has 17 heavy (non-hydrogen) atoms. The van der Waals surface area contributed by atoms with Crippen molar-refractivity contribution in [1.82, 2.24) is 0 Å². The molecule has 94 valence electrons. The number of benzene rings is 1. The molecule has 0 saturated heterocycles. The van der Waals surface area contributed by atoms with Crippen molar-refractivity contribution in [3.8, 4) is 0 Å². The summed E-state index contributed by atoms with van der Waals surface area (Å²) in [5.41, 5.74) is -0.821. The summed E-state index contributed by atoms with van der Waals surface area (Å²) in [6.07, 6.45) is -0.973. The highest BCUT2D eigenvalue weighted by atomic mass is 35.7. The molecular formula is C11H11ClF2O2S. The number of hydrogen-bond acceptors (Lipinski definition) is 2. The molecule has 0 N–H and O–H groups in total. The van der Waals surface area contributed by atoms with Crippen molar-refractivity contribution in [3.63, 3.8) is 0 Å². The Morgan fingerprint density at radius 3 is 2.35 bits per heavy atom. The predicted molar refractivity (Wildman–Crippen MR) is 61.0 cm³/mol. The van der Waals surface area contributed by atoms with Gasteiger partial charge in [0.15, 0.2) is 0 Å². The van der Waals surface area contributed by atoms with Crippen molar-refractivity contribution in [2.24, 2.45) is 0 Å². The van der Waals surface area contributed by atoms with Crippen LogP contribution >= 0.6 is 10.7 Å². The van der Waals surface area contributed by atoms with Gasteiger partial charge in [-0.1, -0.05) is 18.6 Å². The quantitative estimate of drug-likeness (QED) is 0.796. The largest absolute Gasteiger partial charge is 0.261 e. The number of hydrogen-bond donors (Lipinski definition) is 0. The second kappa shape index (κ2) is 4.21. The molecule has 0 radical (unpaired) electrons. The maximum atomic E-state index is 13.1. The summed E-state index contributed by atoms with van der Waals surface area (Å²) in [6, 6.07) is 5.56. The molecule has 0 heterocycles. The van der Waals surface area contributed by atoms with E-state index in [0.29, 0.717) is 18.4 Å². The third-order valence-electron chi connectivity index (χ3n) is 3.35. The summed E-state index contributed by atoms with van der Waals surface area (Å²) in [6.45, 7) is 0. The van der Waals surface area contributed by atoms with Crippen LogP contribution in [0.3, 0.4) is 0 Å². The van der Waals surface area contributed by atoms with E-state index in [1.54, 1.807) is 0 Å². The SMILES string of the molecule is O=S(=O)(Cl)c1cccc(C2(C(F)F)CCC2)c1. The third-order valence-corrected chi connectivity index (χ3v) is 4.71. The maximum absolute atomic E-state index is 13.1. The zero-order valence-corrected chi connectivity index (χ0v) is 10.4. The van der Waals surface area contributed by atoms with Gasteiger partial charge >= 0.3 is 0 Å². The highest BCUT2D eigenvalue weighted by Crippen LogP contribution is 2.48. The van der Waals surface area contributed by atoms with E-state index in [9.17, 15) is 17.2 Å². The Bertz CT molecular complexity index is 524. The van der Waals surface area contributed by atoms with E-state index in [1.807, 2.05) is 0 Å². The normalized spacial score (nSPS) is 19.1. The standard InChI is InChI=1S/C11H11ClF2O2S/c12-17(15,16)9-4-1-3-8(7-9)11(10(13)14)5-2-6-11/h1,3-4,7,10H,2,5-6H2. The van der Waals surface area contributed by atoms with Crippen molar-refractivity contribution in [1.29, 1.82) is 0 Å². The van der Waals surface area contributed by atoms with Gasteiger partial charge in [-0.05, 0) is 30.5 Å². The molecule has 2 nitrogen and oxygen atoms in total. The number of rotatable bonds is 3. The minimum absolute atomic E-state index is 0.122. The predicted octanol–water partition coefficient (Wildman–Crippen LogP) is 3.30. The van der Waals surface area contributed by atoms with Crippen molar-refractivity contribution in [2.45, 2.75) is 36.0 Å². The summed E-state index contributed by atoms with van der Waals surface area (Å²) >= 11 is 0. The van der Waals surface area contributed by atoms with Crippen LogP contribution in [0.5, 0.6) is 0 Å². The minimum atomic E-state index is -3.87. The lowest BCUT2D eigenvalue weighted by Crippen LogP contribution is -2.41. The molecule has 1 aromatic rings. The smallest absolute Gasteiger partial charge is 0.210 e. The van der Waals surface area contributed by atoms with E-state index in [-0.39, 0.29) is 4.90 Å². The molecule has 0 unspecified atom stereocenters. The lowest BCUT2D eigenvalue weighted by Gasteiger charge is -2.41. The Morgan fingerprint density at radius 1 is 1.29 bits per heavy atom. The minimum Gasteiger partial charge on any atom is -0.210 e. The molecular weight excluding hydrogens is 270 g/mol. The van der Waals surface area contributed by atoms with Crippen molar-refractivity contribution in [3.05, 3.63) is 29.8 Å². The Balaban J connectivity index is 2.47. The van der Waals surface area contributed by atoms with Crippen LogP contribution in [-0.2, 0) is 14.5 Å². The fraction of sp³-hybridized carbons (Fsp3) is 0.455. The number of alkyl halides is 2. The molecule has 0 atom stereocenters. The monoisotopic (exact) mass is 280 g/mol. The molecule has 0 amide bonds. The molecule has 0 bridgehead atoms. The zero-order valence-electron chi connectivity index (χ0n) is 8.87. The summed E-state index contributed by atoms with van der Waals surface area (Å²) < 4.78 is 48.5. The van der Waals surface area contributed by atoms with Gasteiger partial charge in [0, 0.05) is 10.7 Å². The molecule has 2 rings (SSSR count). The second-order valence-corrected chi connectivity index (χ2v) is 6.84. The summed E-state index contributed by atoms with van der Waals surface area (Å²) in [4.78, 5) is -0.122. The van der Waals surface area contributed by atoms with Gasteiger partial charge in [-0.15, -0.1) is 0 Å². The van der Waals surface area contributed by atoms with Gasteiger partial charge in [0.25, 0.3) is 9.05 Å². The Hall–Kier alpha value is -0.680. The second-order valence-electron chi connectivity index (χ2n) is 4.28. The Labute approximate surface area is 103 Å².